The van der Waals surface area contributed by atoms with E-state index in [1.165, 1.54) is 0 Å². The quantitative estimate of drug-likeness (QED) is 0.256. The standard InChI is InChI=1S/C33H43N3O6/c1-22-28(30(31(37)38)42-32(2,3)4)29(36-16-14-33(5,6)15-17-36)26(21-34-22)27-13-12-25(20-35-27)41-19-18-40-24-10-8-23(39-7)9-11-24/h8-13,20-21,30H,14-19H2,1-7H3,(H,37,38)/t30-/m0/s1. The first kappa shape index (κ1) is 31.1. The van der Waals surface area contributed by atoms with Crippen molar-refractivity contribution in [2.75, 3.05) is 38.3 Å². The van der Waals surface area contributed by atoms with Crippen molar-refractivity contribution in [2.45, 2.75) is 66.1 Å². The summed E-state index contributed by atoms with van der Waals surface area (Å²) in [6.45, 7) is 14.3. The molecule has 0 aliphatic carbocycles. The van der Waals surface area contributed by atoms with Crippen LogP contribution in [0.25, 0.3) is 11.3 Å². The second kappa shape index (κ2) is 13.0. The average molecular weight is 578 g/mol. The smallest absolute Gasteiger partial charge is 0.337 e. The highest BCUT2D eigenvalue weighted by molar-refractivity contribution is 5.85. The van der Waals surface area contributed by atoms with Gasteiger partial charge in [-0.2, -0.15) is 0 Å². The molecule has 226 valence electrons. The number of methoxy groups -OCH3 is 1. The molecule has 0 spiro atoms. The molecule has 0 bridgehead atoms. The van der Waals surface area contributed by atoms with Crippen LogP contribution in [0.5, 0.6) is 17.2 Å². The first-order valence-corrected chi connectivity index (χ1v) is 14.4. The molecule has 2 aromatic heterocycles. The zero-order valence-corrected chi connectivity index (χ0v) is 25.8. The van der Waals surface area contributed by atoms with Gasteiger partial charge >= 0.3 is 5.97 Å². The van der Waals surface area contributed by atoms with Gasteiger partial charge in [0.15, 0.2) is 6.10 Å². The number of nitrogens with zero attached hydrogens (tertiary/aromatic N) is 3. The predicted octanol–water partition coefficient (Wildman–Crippen LogP) is 6.49. The van der Waals surface area contributed by atoms with Gasteiger partial charge in [0.25, 0.3) is 0 Å². The van der Waals surface area contributed by atoms with Crippen LogP contribution in [0.2, 0.25) is 0 Å². The van der Waals surface area contributed by atoms with Crippen molar-refractivity contribution >= 4 is 11.7 Å². The van der Waals surface area contributed by atoms with Crippen molar-refractivity contribution < 1.29 is 28.8 Å². The molecule has 42 heavy (non-hydrogen) atoms. The van der Waals surface area contributed by atoms with Gasteiger partial charge in [0, 0.05) is 36.1 Å². The molecule has 1 fully saturated rings. The minimum absolute atomic E-state index is 0.224. The topological polar surface area (TPSA) is 103 Å². The molecule has 3 aromatic rings. The largest absolute Gasteiger partial charge is 0.497 e. The maximum absolute atomic E-state index is 12.6. The van der Waals surface area contributed by atoms with Crippen LogP contribution in [-0.2, 0) is 9.53 Å². The summed E-state index contributed by atoms with van der Waals surface area (Å²) in [7, 11) is 1.63. The maximum atomic E-state index is 12.6. The summed E-state index contributed by atoms with van der Waals surface area (Å²) in [6, 6.07) is 11.1. The third-order valence-electron chi connectivity index (χ3n) is 7.37. The van der Waals surface area contributed by atoms with E-state index in [0.717, 1.165) is 48.7 Å². The summed E-state index contributed by atoms with van der Waals surface area (Å²) in [4.78, 5) is 24.2. The molecule has 4 rings (SSSR count). The average Bonchev–Trinajstić information content (AvgIpc) is 2.94. The van der Waals surface area contributed by atoms with E-state index >= 15 is 0 Å². The number of benzene rings is 1. The number of piperidine rings is 1. The van der Waals surface area contributed by atoms with Gasteiger partial charge in [-0.05, 0) is 82.3 Å². The summed E-state index contributed by atoms with van der Waals surface area (Å²) < 4.78 is 22.9. The van der Waals surface area contributed by atoms with Gasteiger partial charge in [-0.1, -0.05) is 13.8 Å². The Morgan fingerprint density at radius 2 is 1.55 bits per heavy atom. The van der Waals surface area contributed by atoms with Gasteiger partial charge in [-0.3, -0.25) is 9.97 Å². The number of aryl methyl sites for hydroxylation is 1. The van der Waals surface area contributed by atoms with Crippen LogP contribution < -0.4 is 19.1 Å². The molecule has 1 N–H and O–H groups in total. The Bertz CT molecular complexity index is 1340. The molecule has 1 atom stereocenters. The Kier molecular flexibility index (Phi) is 9.61. The van der Waals surface area contributed by atoms with E-state index in [9.17, 15) is 9.90 Å². The SMILES string of the molecule is COc1ccc(OCCOc2ccc(-c3cnc(C)c([C@H](OC(C)(C)C)C(=O)O)c3N3CCC(C)(C)CC3)nc2)cc1. The number of hydrogen-bond acceptors (Lipinski definition) is 8. The van der Waals surface area contributed by atoms with Crippen LogP contribution in [0.15, 0.2) is 48.8 Å². The van der Waals surface area contributed by atoms with Gasteiger partial charge < -0.3 is 29.0 Å². The van der Waals surface area contributed by atoms with E-state index in [0.29, 0.717) is 35.9 Å². The molecule has 9 nitrogen and oxygen atoms in total. The van der Waals surface area contributed by atoms with Crippen molar-refractivity contribution in [1.29, 1.82) is 0 Å². The summed E-state index contributed by atoms with van der Waals surface area (Å²) in [6.07, 6.45) is 4.27. The number of pyridine rings is 2. The Morgan fingerprint density at radius 3 is 2.10 bits per heavy atom. The second-order valence-electron chi connectivity index (χ2n) is 12.4. The third-order valence-corrected chi connectivity index (χ3v) is 7.37. The molecule has 0 radical (unpaired) electrons. The molecular weight excluding hydrogens is 534 g/mol. The second-order valence-corrected chi connectivity index (χ2v) is 12.4. The van der Waals surface area contributed by atoms with Crippen molar-refractivity contribution in [2.24, 2.45) is 5.41 Å². The molecule has 1 aliphatic rings. The fraction of sp³-hybridized carbons (Fsp3) is 0.485. The Hall–Kier alpha value is -3.85. The number of aliphatic carboxylic acids is 1. The normalized spacial score (nSPS) is 15.6. The monoisotopic (exact) mass is 577 g/mol. The van der Waals surface area contributed by atoms with Crippen LogP contribution in [0, 0.1) is 12.3 Å². The third kappa shape index (κ3) is 7.91. The highest BCUT2D eigenvalue weighted by atomic mass is 16.5. The van der Waals surface area contributed by atoms with Gasteiger partial charge in [0.2, 0.25) is 0 Å². The molecular formula is C33H43N3O6. The lowest BCUT2D eigenvalue weighted by atomic mass is 9.82. The lowest BCUT2D eigenvalue weighted by Gasteiger charge is -2.40. The first-order valence-electron chi connectivity index (χ1n) is 14.4. The Balaban J connectivity index is 1.59. The van der Waals surface area contributed by atoms with Crippen molar-refractivity contribution in [3.05, 3.63) is 60.0 Å². The van der Waals surface area contributed by atoms with Crippen LogP contribution in [0.1, 0.15) is 64.8 Å². The van der Waals surface area contributed by atoms with E-state index in [4.69, 9.17) is 23.9 Å². The number of hydrogen-bond donors (Lipinski definition) is 1. The van der Waals surface area contributed by atoms with Crippen molar-refractivity contribution in [3.8, 4) is 28.5 Å². The lowest BCUT2D eigenvalue weighted by Crippen LogP contribution is -2.39. The minimum atomic E-state index is -1.17. The van der Waals surface area contributed by atoms with Crippen molar-refractivity contribution in [3.63, 3.8) is 0 Å². The number of carboxylic acid groups (broad SMARTS) is 1. The van der Waals surface area contributed by atoms with Gasteiger partial charge in [-0.25, -0.2) is 4.79 Å². The van der Waals surface area contributed by atoms with Crippen LogP contribution in [0.4, 0.5) is 5.69 Å². The number of rotatable bonds is 11. The van der Waals surface area contributed by atoms with Crippen LogP contribution in [0.3, 0.4) is 0 Å². The van der Waals surface area contributed by atoms with E-state index in [1.807, 2.05) is 64.1 Å². The summed E-state index contributed by atoms with van der Waals surface area (Å²) >= 11 is 0. The molecule has 9 heteroatoms. The van der Waals surface area contributed by atoms with E-state index in [2.05, 4.69) is 23.7 Å². The van der Waals surface area contributed by atoms with Crippen molar-refractivity contribution in [1.82, 2.24) is 9.97 Å². The fourth-order valence-electron chi connectivity index (χ4n) is 4.99. The summed E-state index contributed by atoms with van der Waals surface area (Å²) in [5.74, 6) is 1.07. The minimum Gasteiger partial charge on any atom is -0.497 e. The summed E-state index contributed by atoms with van der Waals surface area (Å²) in [5.41, 5.74) is 3.05. The Labute approximate surface area is 248 Å². The number of carboxylic acids is 1. The predicted molar refractivity (Wildman–Crippen MR) is 163 cm³/mol. The number of ether oxygens (including phenoxy) is 4. The molecule has 0 amide bonds. The molecule has 1 aliphatic heterocycles. The highest BCUT2D eigenvalue weighted by Crippen LogP contribution is 2.43. The van der Waals surface area contributed by atoms with Crippen LogP contribution >= 0.6 is 0 Å². The van der Waals surface area contributed by atoms with E-state index < -0.39 is 17.7 Å². The summed E-state index contributed by atoms with van der Waals surface area (Å²) in [5, 5.41) is 10.3. The Morgan fingerprint density at radius 1 is 0.952 bits per heavy atom. The zero-order valence-electron chi connectivity index (χ0n) is 25.8. The molecule has 1 aromatic carbocycles. The highest BCUT2D eigenvalue weighted by Gasteiger charge is 2.36. The lowest BCUT2D eigenvalue weighted by molar-refractivity contribution is -0.160. The fourth-order valence-corrected chi connectivity index (χ4v) is 4.99. The molecule has 3 heterocycles. The molecule has 0 saturated carbocycles. The molecule has 0 unspecified atom stereocenters. The molecule has 1 saturated heterocycles. The van der Waals surface area contributed by atoms with Gasteiger partial charge in [0.1, 0.15) is 30.5 Å². The number of aromatic nitrogens is 2. The number of anilines is 1. The van der Waals surface area contributed by atoms with Gasteiger partial charge in [0.05, 0.1) is 30.3 Å². The maximum Gasteiger partial charge on any atom is 0.337 e. The zero-order chi connectivity index (χ0) is 30.5. The first-order chi connectivity index (χ1) is 19.9. The van der Waals surface area contributed by atoms with E-state index in [-0.39, 0.29) is 5.41 Å². The van der Waals surface area contributed by atoms with Crippen LogP contribution in [-0.4, -0.2) is 60.1 Å². The van der Waals surface area contributed by atoms with Gasteiger partial charge in [-0.15, -0.1) is 0 Å². The van der Waals surface area contributed by atoms with E-state index in [1.54, 1.807) is 19.5 Å². The number of carbonyl (C=O) groups is 1.